The second kappa shape index (κ2) is 7.74. The van der Waals surface area contributed by atoms with Gasteiger partial charge in [0.15, 0.2) is 5.69 Å². The molecule has 3 aromatic rings. The van der Waals surface area contributed by atoms with Crippen LogP contribution in [-0.2, 0) is 6.18 Å². The predicted octanol–water partition coefficient (Wildman–Crippen LogP) is 4.13. The number of carbonyl (C=O) groups is 1. The zero-order chi connectivity index (χ0) is 22.2. The highest BCUT2D eigenvalue weighted by atomic mass is 19.4. The van der Waals surface area contributed by atoms with Crippen molar-refractivity contribution in [1.82, 2.24) is 14.8 Å². The van der Waals surface area contributed by atoms with Gasteiger partial charge in [-0.15, -0.1) is 0 Å². The summed E-state index contributed by atoms with van der Waals surface area (Å²) in [5.41, 5.74) is 1.02. The quantitative estimate of drug-likeness (QED) is 0.697. The molecule has 0 radical (unpaired) electrons. The maximum Gasteiger partial charge on any atom is 0.416 e. The van der Waals surface area contributed by atoms with E-state index in [1.165, 1.54) is 19.1 Å². The number of nitrogens with zero attached hydrogens (tertiary/aromatic N) is 3. The minimum absolute atomic E-state index is 0.0840. The average Bonchev–Trinajstić information content (AvgIpc) is 2.64. The van der Waals surface area contributed by atoms with E-state index in [1.54, 1.807) is 19.9 Å². The van der Waals surface area contributed by atoms with Crippen LogP contribution in [-0.4, -0.2) is 20.7 Å². The number of aromatic nitrogens is 3. The number of benzene rings is 1. The van der Waals surface area contributed by atoms with Gasteiger partial charge in [0.2, 0.25) is 5.43 Å². The second-order valence-electron chi connectivity index (χ2n) is 6.95. The summed E-state index contributed by atoms with van der Waals surface area (Å²) in [6.45, 7) is 6.86. The van der Waals surface area contributed by atoms with E-state index in [0.29, 0.717) is 17.1 Å². The lowest BCUT2D eigenvalue weighted by atomic mass is 10.1. The van der Waals surface area contributed by atoms with Gasteiger partial charge in [0.05, 0.1) is 22.6 Å². The number of carbonyl (C=O) groups excluding carboxylic acids is 1. The molecule has 0 unspecified atom stereocenters. The third-order valence-electron chi connectivity index (χ3n) is 4.50. The fraction of sp³-hybridized carbons (Fsp3) is 0.238. The molecule has 1 amide bonds. The first-order chi connectivity index (χ1) is 14.0. The maximum absolute atomic E-state index is 13.1. The highest BCUT2D eigenvalue weighted by Crippen LogP contribution is 2.30. The van der Waals surface area contributed by atoms with E-state index in [9.17, 15) is 22.8 Å². The van der Waals surface area contributed by atoms with Crippen LogP contribution < -0.4 is 10.7 Å². The number of alkyl halides is 3. The summed E-state index contributed by atoms with van der Waals surface area (Å²) in [5, 5.41) is 6.68. The van der Waals surface area contributed by atoms with E-state index >= 15 is 0 Å². The fourth-order valence-electron chi connectivity index (χ4n) is 3.17. The Balaban J connectivity index is 2.04. The molecule has 0 saturated heterocycles. The number of nitrogens with one attached hydrogen (secondary N) is 1. The standard InChI is InChI=1S/C21H19F3N4O2/c1-11-8-12(2)25-14(4)18(11)26-20(30)19-17(29)9-13(3)28(27-19)16-7-5-6-15(10-16)21(22,23)24/h5-10H,1-4H3,(H,26,30). The molecule has 0 saturated carbocycles. The first kappa shape index (κ1) is 21.2. The normalized spacial score (nSPS) is 11.4. The van der Waals surface area contributed by atoms with Crippen LogP contribution in [0.3, 0.4) is 0 Å². The molecule has 0 aliphatic rings. The van der Waals surface area contributed by atoms with Gasteiger partial charge in [-0.25, -0.2) is 4.68 Å². The Morgan fingerprint density at radius 2 is 1.77 bits per heavy atom. The molecule has 0 atom stereocenters. The molecule has 0 spiro atoms. The van der Waals surface area contributed by atoms with Gasteiger partial charge in [0.25, 0.3) is 5.91 Å². The number of rotatable bonds is 3. The van der Waals surface area contributed by atoms with Crippen molar-refractivity contribution >= 4 is 11.6 Å². The lowest BCUT2D eigenvalue weighted by Gasteiger charge is -2.15. The molecule has 6 nitrogen and oxygen atoms in total. The van der Waals surface area contributed by atoms with Crippen molar-refractivity contribution < 1.29 is 18.0 Å². The van der Waals surface area contributed by atoms with Gasteiger partial charge in [0.1, 0.15) is 0 Å². The number of hydrogen-bond donors (Lipinski definition) is 1. The summed E-state index contributed by atoms with van der Waals surface area (Å²) in [5.74, 6) is -0.766. The number of halogens is 3. The average molecular weight is 416 g/mol. The second-order valence-corrected chi connectivity index (χ2v) is 6.95. The third-order valence-corrected chi connectivity index (χ3v) is 4.50. The molecule has 3 rings (SSSR count). The highest BCUT2D eigenvalue weighted by Gasteiger charge is 2.30. The van der Waals surface area contributed by atoms with Gasteiger partial charge in [-0.05, 0) is 57.5 Å². The monoisotopic (exact) mass is 416 g/mol. The number of anilines is 1. The van der Waals surface area contributed by atoms with Crippen molar-refractivity contribution in [3.8, 4) is 5.69 Å². The van der Waals surface area contributed by atoms with Crippen molar-refractivity contribution in [3.63, 3.8) is 0 Å². The van der Waals surface area contributed by atoms with Crippen molar-refractivity contribution in [2.24, 2.45) is 0 Å². The predicted molar refractivity (Wildman–Crippen MR) is 106 cm³/mol. The van der Waals surface area contributed by atoms with Crippen molar-refractivity contribution in [2.45, 2.75) is 33.9 Å². The summed E-state index contributed by atoms with van der Waals surface area (Å²) in [7, 11) is 0. The van der Waals surface area contributed by atoms with Crippen molar-refractivity contribution in [3.05, 3.63) is 80.5 Å². The molecule has 0 fully saturated rings. The zero-order valence-corrected chi connectivity index (χ0v) is 16.8. The SMILES string of the molecule is Cc1cc(C)c(NC(=O)c2nn(-c3cccc(C(F)(F)F)c3)c(C)cc2=O)c(C)n1. The van der Waals surface area contributed by atoms with E-state index < -0.39 is 28.8 Å². The summed E-state index contributed by atoms with van der Waals surface area (Å²) < 4.78 is 40.3. The minimum atomic E-state index is -4.53. The summed E-state index contributed by atoms with van der Waals surface area (Å²) in [6, 6.07) is 7.44. The topological polar surface area (TPSA) is 76.9 Å². The van der Waals surface area contributed by atoms with Crippen LogP contribution in [0.2, 0.25) is 0 Å². The van der Waals surface area contributed by atoms with Crippen LogP contribution in [0.1, 0.15) is 38.7 Å². The van der Waals surface area contributed by atoms with Crippen molar-refractivity contribution in [1.29, 1.82) is 0 Å². The molecule has 1 N–H and O–H groups in total. The molecule has 0 bridgehead atoms. The number of pyridine rings is 1. The van der Waals surface area contributed by atoms with E-state index in [1.807, 2.05) is 6.92 Å². The van der Waals surface area contributed by atoms with E-state index in [0.717, 1.165) is 34.1 Å². The number of amides is 1. The Labute approximate surface area is 170 Å². The highest BCUT2D eigenvalue weighted by molar-refractivity contribution is 6.03. The lowest BCUT2D eigenvalue weighted by Crippen LogP contribution is -2.27. The summed E-state index contributed by atoms with van der Waals surface area (Å²) in [6.07, 6.45) is -4.53. The molecular formula is C21H19F3N4O2. The summed E-state index contributed by atoms with van der Waals surface area (Å²) in [4.78, 5) is 29.4. The Hall–Kier alpha value is -3.49. The molecule has 30 heavy (non-hydrogen) atoms. The number of hydrogen-bond acceptors (Lipinski definition) is 4. The Kier molecular flexibility index (Phi) is 5.47. The minimum Gasteiger partial charge on any atom is -0.319 e. The van der Waals surface area contributed by atoms with Gasteiger partial charge in [-0.3, -0.25) is 14.6 Å². The molecule has 0 aliphatic heterocycles. The van der Waals surface area contributed by atoms with Crippen LogP contribution in [0, 0.1) is 27.7 Å². The smallest absolute Gasteiger partial charge is 0.319 e. The zero-order valence-electron chi connectivity index (χ0n) is 16.8. The molecule has 0 aliphatic carbocycles. The van der Waals surface area contributed by atoms with Gasteiger partial charge in [-0.2, -0.15) is 18.3 Å². The first-order valence-electron chi connectivity index (χ1n) is 9.02. The van der Waals surface area contributed by atoms with Gasteiger partial charge in [-0.1, -0.05) is 6.07 Å². The van der Waals surface area contributed by atoms with Gasteiger partial charge in [0, 0.05) is 17.5 Å². The third kappa shape index (κ3) is 4.24. The molecule has 2 aromatic heterocycles. The molecule has 1 aromatic carbocycles. The Morgan fingerprint density at radius 1 is 1.07 bits per heavy atom. The van der Waals surface area contributed by atoms with Crippen LogP contribution in [0.5, 0.6) is 0 Å². The van der Waals surface area contributed by atoms with Gasteiger partial charge < -0.3 is 5.32 Å². The van der Waals surface area contributed by atoms with E-state index in [-0.39, 0.29) is 5.69 Å². The van der Waals surface area contributed by atoms with Gasteiger partial charge >= 0.3 is 6.18 Å². The molecule has 9 heteroatoms. The Bertz CT molecular complexity index is 1180. The number of aryl methyl sites for hydroxylation is 4. The van der Waals surface area contributed by atoms with Crippen LogP contribution in [0.25, 0.3) is 5.69 Å². The van der Waals surface area contributed by atoms with E-state index in [4.69, 9.17) is 0 Å². The lowest BCUT2D eigenvalue weighted by molar-refractivity contribution is -0.137. The van der Waals surface area contributed by atoms with Crippen molar-refractivity contribution in [2.75, 3.05) is 5.32 Å². The maximum atomic E-state index is 13.1. The Morgan fingerprint density at radius 3 is 2.40 bits per heavy atom. The largest absolute Gasteiger partial charge is 0.416 e. The first-order valence-corrected chi connectivity index (χ1v) is 9.02. The molecule has 156 valence electrons. The molecular weight excluding hydrogens is 397 g/mol. The summed E-state index contributed by atoms with van der Waals surface area (Å²) >= 11 is 0. The van der Waals surface area contributed by atoms with E-state index in [2.05, 4.69) is 15.4 Å². The molecule has 2 heterocycles. The van der Waals surface area contributed by atoms with Crippen LogP contribution in [0.4, 0.5) is 18.9 Å². The van der Waals surface area contributed by atoms with Crippen LogP contribution >= 0.6 is 0 Å². The van der Waals surface area contributed by atoms with Crippen LogP contribution in [0.15, 0.2) is 41.2 Å². The fourth-order valence-corrected chi connectivity index (χ4v) is 3.17.